The molecule has 0 aliphatic carbocycles. The van der Waals surface area contributed by atoms with Gasteiger partial charge in [-0.2, -0.15) is 0 Å². The van der Waals surface area contributed by atoms with Crippen LogP contribution in [0.3, 0.4) is 0 Å². The van der Waals surface area contributed by atoms with Crippen molar-refractivity contribution in [1.29, 1.82) is 0 Å². The molecule has 22 heavy (non-hydrogen) atoms. The number of carbonyl (C=O) groups is 2. The van der Waals surface area contributed by atoms with Crippen LogP contribution in [-0.4, -0.2) is 49.1 Å². The Morgan fingerprint density at radius 1 is 1.45 bits per heavy atom. The highest BCUT2D eigenvalue weighted by Gasteiger charge is 2.20. The van der Waals surface area contributed by atoms with Crippen molar-refractivity contribution in [2.75, 3.05) is 26.2 Å². The van der Waals surface area contributed by atoms with E-state index in [2.05, 4.69) is 10.6 Å². The minimum absolute atomic E-state index is 0.0751. The third-order valence-electron chi connectivity index (χ3n) is 3.64. The zero-order chi connectivity index (χ0) is 16.1. The quantitative estimate of drug-likeness (QED) is 0.830. The van der Waals surface area contributed by atoms with Crippen LogP contribution in [0.2, 0.25) is 0 Å². The van der Waals surface area contributed by atoms with Crippen molar-refractivity contribution in [3.05, 3.63) is 29.3 Å². The van der Waals surface area contributed by atoms with Crippen molar-refractivity contribution in [2.45, 2.75) is 26.9 Å². The Labute approximate surface area is 130 Å². The predicted molar refractivity (Wildman–Crippen MR) is 84.0 cm³/mol. The topological polar surface area (TPSA) is 70.7 Å². The van der Waals surface area contributed by atoms with E-state index in [-0.39, 0.29) is 11.9 Å². The first-order valence-corrected chi connectivity index (χ1v) is 7.52. The molecule has 3 amide bonds. The van der Waals surface area contributed by atoms with Crippen LogP contribution in [-0.2, 0) is 4.79 Å². The van der Waals surface area contributed by atoms with Crippen molar-refractivity contribution < 1.29 is 14.3 Å². The standard InChI is InChI=1S/C16H23N3O3/c1-11-4-5-12(2)14(10-11)22-13(3)15(20)17-6-8-19-9-7-18-16(19)21/h4-5,10,13H,6-9H2,1-3H3,(H,17,20)(H,18,21)/t13-/m0/s1. The van der Waals surface area contributed by atoms with Crippen molar-refractivity contribution in [2.24, 2.45) is 0 Å². The first-order valence-electron chi connectivity index (χ1n) is 7.52. The van der Waals surface area contributed by atoms with Gasteiger partial charge in [0.25, 0.3) is 5.91 Å². The second-order valence-electron chi connectivity index (χ2n) is 5.54. The second kappa shape index (κ2) is 7.15. The molecule has 1 aromatic carbocycles. The maximum Gasteiger partial charge on any atom is 0.317 e. The fourth-order valence-electron chi connectivity index (χ4n) is 2.26. The first-order chi connectivity index (χ1) is 10.5. The summed E-state index contributed by atoms with van der Waals surface area (Å²) in [6, 6.07) is 5.83. The van der Waals surface area contributed by atoms with Crippen LogP contribution in [0.15, 0.2) is 18.2 Å². The molecule has 1 aliphatic heterocycles. The number of urea groups is 1. The summed E-state index contributed by atoms with van der Waals surface area (Å²) in [4.78, 5) is 25.1. The van der Waals surface area contributed by atoms with Gasteiger partial charge in [-0.25, -0.2) is 4.79 Å². The molecule has 0 spiro atoms. The van der Waals surface area contributed by atoms with Gasteiger partial charge in [0.2, 0.25) is 0 Å². The lowest BCUT2D eigenvalue weighted by atomic mass is 10.1. The van der Waals surface area contributed by atoms with E-state index in [1.54, 1.807) is 11.8 Å². The highest BCUT2D eigenvalue weighted by atomic mass is 16.5. The average molecular weight is 305 g/mol. The molecule has 6 heteroatoms. The number of carbonyl (C=O) groups excluding carboxylic acids is 2. The van der Waals surface area contributed by atoms with Gasteiger partial charge in [0, 0.05) is 26.2 Å². The Morgan fingerprint density at radius 3 is 2.91 bits per heavy atom. The van der Waals surface area contributed by atoms with Crippen molar-refractivity contribution in [3.8, 4) is 5.75 Å². The largest absolute Gasteiger partial charge is 0.481 e. The van der Waals surface area contributed by atoms with Crippen LogP contribution in [0.5, 0.6) is 5.75 Å². The number of benzene rings is 1. The number of hydrogen-bond donors (Lipinski definition) is 2. The van der Waals surface area contributed by atoms with Crippen LogP contribution < -0.4 is 15.4 Å². The highest BCUT2D eigenvalue weighted by molar-refractivity contribution is 5.81. The zero-order valence-corrected chi connectivity index (χ0v) is 13.3. The fourth-order valence-corrected chi connectivity index (χ4v) is 2.26. The fraction of sp³-hybridized carbons (Fsp3) is 0.500. The summed E-state index contributed by atoms with van der Waals surface area (Å²) in [5, 5.41) is 5.52. The molecule has 1 atom stereocenters. The lowest BCUT2D eigenvalue weighted by Gasteiger charge is -2.18. The molecule has 1 aromatic rings. The summed E-state index contributed by atoms with van der Waals surface area (Å²) in [5.41, 5.74) is 2.09. The van der Waals surface area contributed by atoms with Crippen LogP contribution >= 0.6 is 0 Å². The predicted octanol–water partition coefficient (Wildman–Crippen LogP) is 1.21. The molecule has 120 valence electrons. The van der Waals surface area contributed by atoms with Crippen molar-refractivity contribution in [1.82, 2.24) is 15.5 Å². The van der Waals surface area contributed by atoms with Gasteiger partial charge in [-0.05, 0) is 38.0 Å². The summed E-state index contributed by atoms with van der Waals surface area (Å²) in [6.07, 6.45) is -0.576. The summed E-state index contributed by atoms with van der Waals surface area (Å²) in [7, 11) is 0. The van der Waals surface area contributed by atoms with Gasteiger partial charge < -0.3 is 20.3 Å². The van der Waals surface area contributed by atoms with Crippen LogP contribution in [0.1, 0.15) is 18.1 Å². The Balaban J connectivity index is 1.79. The third-order valence-corrected chi connectivity index (χ3v) is 3.64. The van der Waals surface area contributed by atoms with Crippen molar-refractivity contribution in [3.63, 3.8) is 0 Å². The van der Waals surface area contributed by atoms with Crippen molar-refractivity contribution >= 4 is 11.9 Å². The van der Waals surface area contributed by atoms with E-state index in [4.69, 9.17) is 4.74 Å². The molecule has 2 N–H and O–H groups in total. The number of nitrogens with zero attached hydrogens (tertiary/aromatic N) is 1. The maximum absolute atomic E-state index is 12.0. The first kappa shape index (κ1) is 16.1. The van der Waals surface area contributed by atoms with Gasteiger partial charge in [-0.1, -0.05) is 12.1 Å². The van der Waals surface area contributed by atoms with Gasteiger partial charge >= 0.3 is 6.03 Å². The second-order valence-corrected chi connectivity index (χ2v) is 5.54. The molecule has 0 bridgehead atoms. The van der Waals surface area contributed by atoms with E-state index in [1.165, 1.54) is 0 Å². The van der Waals surface area contributed by atoms with E-state index in [1.807, 2.05) is 32.0 Å². The van der Waals surface area contributed by atoms with E-state index >= 15 is 0 Å². The van der Waals surface area contributed by atoms with Crippen LogP contribution in [0, 0.1) is 13.8 Å². The number of hydrogen-bond acceptors (Lipinski definition) is 3. The van der Waals surface area contributed by atoms with E-state index in [0.717, 1.165) is 16.9 Å². The number of rotatable bonds is 6. The maximum atomic E-state index is 12.0. The Bertz CT molecular complexity index is 560. The molecule has 1 aliphatic rings. The molecule has 0 aromatic heterocycles. The zero-order valence-electron chi connectivity index (χ0n) is 13.3. The summed E-state index contributed by atoms with van der Waals surface area (Å²) < 4.78 is 5.73. The number of nitrogens with one attached hydrogen (secondary N) is 2. The molecule has 1 fully saturated rings. The van der Waals surface area contributed by atoms with Crippen LogP contribution in [0.4, 0.5) is 4.79 Å². The molecule has 0 radical (unpaired) electrons. The molecule has 6 nitrogen and oxygen atoms in total. The van der Waals surface area contributed by atoms with E-state index < -0.39 is 6.10 Å². The van der Waals surface area contributed by atoms with Crippen LogP contribution in [0.25, 0.3) is 0 Å². The van der Waals surface area contributed by atoms with E-state index in [0.29, 0.717) is 26.2 Å². The monoisotopic (exact) mass is 305 g/mol. The smallest absolute Gasteiger partial charge is 0.317 e. The van der Waals surface area contributed by atoms with Gasteiger partial charge in [-0.15, -0.1) is 0 Å². The number of ether oxygens (including phenoxy) is 1. The third kappa shape index (κ3) is 4.13. The Kier molecular flexibility index (Phi) is 5.25. The molecule has 2 rings (SSSR count). The minimum Gasteiger partial charge on any atom is -0.481 e. The van der Waals surface area contributed by atoms with Gasteiger partial charge in [0.15, 0.2) is 6.10 Å². The lowest BCUT2D eigenvalue weighted by molar-refractivity contribution is -0.127. The minimum atomic E-state index is -0.576. The lowest BCUT2D eigenvalue weighted by Crippen LogP contribution is -2.41. The molecular weight excluding hydrogens is 282 g/mol. The summed E-state index contributed by atoms with van der Waals surface area (Å²) in [5.74, 6) is 0.544. The highest BCUT2D eigenvalue weighted by Crippen LogP contribution is 2.20. The Morgan fingerprint density at radius 2 is 2.23 bits per heavy atom. The van der Waals surface area contributed by atoms with Gasteiger partial charge in [-0.3, -0.25) is 4.79 Å². The molecule has 1 heterocycles. The normalized spacial score (nSPS) is 15.4. The van der Waals surface area contributed by atoms with Gasteiger partial charge in [0.05, 0.1) is 0 Å². The SMILES string of the molecule is Cc1ccc(C)c(O[C@@H](C)C(=O)NCCN2CCNC2=O)c1. The van der Waals surface area contributed by atoms with Gasteiger partial charge in [0.1, 0.15) is 5.75 Å². The number of aryl methyl sites for hydroxylation is 2. The molecule has 0 unspecified atom stereocenters. The van der Waals surface area contributed by atoms with E-state index in [9.17, 15) is 9.59 Å². The number of amides is 3. The Hall–Kier alpha value is -2.24. The molecule has 0 saturated carbocycles. The average Bonchev–Trinajstić information content (AvgIpc) is 2.88. The molecular formula is C16H23N3O3. The summed E-state index contributed by atoms with van der Waals surface area (Å²) in [6.45, 7) is 7.94. The summed E-state index contributed by atoms with van der Waals surface area (Å²) >= 11 is 0. The molecule has 1 saturated heterocycles.